The Hall–Kier alpha value is -1.21. The maximum Gasteiger partial charge on any atom is 0.446 e. The van der Waals surface area contributed by atoms with Crippen molar-refractivity contribution in [1.29, 1.82) is 0 Å². The van der Waals surface area contributed by atoms with Crippen molar-refractivity contribution < 1.29 is 23.1 Å². The summed E-state index contributed by atoms with van der Waals surface area (Å²) < 4.78 is 37.3. The summed E-state index contributed by atoms with van der Waals surface area (Å²) in [7, 11) is 0. The lowest BCUT2D eigenvalue weighted by Gasteiger charge is -2.11. The molecule has 0 unspecified atom stereocenters. The minimum Gasteiger partial charge on any atom is -0.396 e. The van der Waals surface area contributed by atoms with E-state index in [4.69, 9.17) is 5.11 Å². The van der Waals surface area contributed by atoms with Crippen molar-refractivity contribution in [3.63, 3.8) is 0 Å². The Morgan fingerprint density at radius 2 is 1.81 bits per heavy atom. The van der Waals surface area contributed by atoms with Gasteiger partial charge in [-0.05, 0) is 36.7 Å². The number of hydrogen-bond donors (Lipinski definition) is 2. The molecule has 0 radical (unpaired) electrons. The number of halogens is 3. The van der Waals surface area contributed by atoms with Crippen LogP contribution in [0.5, 0.6) is 0 Å². The van der Waals surface area contributed by atoms with E-state index >= 15 is 0 Å². The minimum atomic E-state index is -4.42. The van der Waals surface area contributed by atoms with Crippen LogP contribution in [0.25, 0.3) is 0 Å². The van der Waals surface area contributed by atoms with Gasteiger partial charge >= 0.3 is 5.51 Å². The number of carbonyl (C=O) groups is 1. The topological polar surface area (TPSA) is 49.3 Å². The van der Waals surface area contributed by atoms with Gasteiger partial charge < -0.3 is 10.4 Å². The van der Waals surface area contributed by atoms with Crippen molar-refractivity contribution in [2.24, 2.45) is 0 Å². The Kier molecular flexibility index (Phi) is 7.60. The van der Waals surface area contributed by atoms with Gasteiger partial charge in [0.05, 0.1) is 5.56 Å². The van der Waals surface area contributed by atoms with Crippen LogP contribution in [0.1, 0.15) is 36.0 Å². The number of unbranched alkanes of at least 4 members (excludes halogenated alkanes) is 3. The molecule has 118 valence electrons. The van der Waals surface area contributed by atoms with Gasteiger partial charge in [0.1, 0.15) is 0 Å². The minimum absolute atomic E-state index is 0.0372. The number of amides is 1. The van der Waals surface area contributed by atoms with Gasteiger partial charge in [-0.15, -0.1) is 0 Å². The molecule has 3 nitrogen and oxygen atoms in total. The van der Waals surface area contributed by atoms with Gasteiger partial charge in [0.25, 0.3) is 5.91 Å². The molecule has 1 aromatic carbocycles. The van der Waals surface area contributed by atoms with Crippen LogP contribution < -0.4 is 5.32 Å². The smallest absolute Gasteiger partial charge is 0.396 e. The molecule has 7 heteroatoms. The standard InChI is InChI=1S/C14H18F3NO2S/c15-14(16,17)21-12-8-4-3-7-11(12)13(20)18-9-5-1-2-6-10-19/h3-4,7-8,19H,1-2,5-6,9-10H2,(H,18,20). The summed E-state index contributed by atoms with van der Waals surface area (Å²) in [6.45, 7) is 0.559. The molecule has 1 amide bonds. The van der Waals surface area contributed by atoms with Crippen LogP contribution in [0.2, 0.25) is 0 Å². The number of alkyl halides is 3. The molecule has 0 spiro atoms. The zero-order chi connectivity index (χ0) is 15.7. The van der Waals surface area contributed by atoms with Crippen molar-refractivity contribution in [3.8, 4) is 0 Å². The Balaban J connectivity index is 2.50. The Morgan fingerprint density at radius 3 is 2.48 bits per heavy atom. The normalized spacial score (nSPS) is 11.4. The molecule has 0 aliphatic rings. The van der Waals surface area contributed by atoms with E-state index in [-0.39, 0.29) is 28.8 Å². The van der Waals surface area contributed by atoms with Crippen LogP contribution in [0.15, 0.2) is 29.2 Å². The zero-order valence-electron chi connectivity index (χ0n) is 11.4. The first kappa shape index (κ1) is 17.8. The van der Waals surface area contributed by atoms with Crippen molar-refractivity contribution in [2.75, 3.05) is 13.2 Å². The maximum atomic E-state index is 12.4. The van der Waals surface area contributed by atoms with E-state index < -0.39 is 11.4 Å². The molecule has 21 heavy (non-hydrogen) atoms. The highest BCUT2D eigenvalue weighted by atomic mass is 32.2. The Morgan fingerprint density at radius 1 is 1.14 bits per heavy atom. The van der Waals surface area contributed by atoms with Crippen molar-refractivity contribution in [1.82, 2.24) is 5.32 Å². The van der Waals surface area contributed by atoms with E-state index in [0.29, 0.717) is 6.54 Å². The number of thioether (sulfide) groups is 1. The van der Waals surface area contributed by atoms with E-state index in [9.17, 15) is 18.0 Å². The quantitative estimate of drug-likeness (QED) is 0.568. The van der Waals surface area contributed by atoms with Crippen molar-refractivity contribution in [3.05, 3.63) is 29.8 Å². The van der Waals surface area contributed by atoms with E-state index in [1.165, 1.54) is 24.3 Å². The Labute approximate surface area is 125 Å². The van der Waals surface area contributed by atoms with E-state index in [1.807, 2.05) is 0 Å². The molecular weight excluding hydrogens is 303 g/mol. The molecule has 0 atom stereocenters. The first-order valence-electron chi connectivity index (χ1n) is 6.68. The zero-order valence-corrected chi connectivity index (χ0v) is 12.3. The molecule has 1 aromatic rings. The second kappa shape index (κ2) is 8.94. The van der Waals surface area contributed by atoms with Gasteiger partial charge in [-0.2, -0.15) is 13.2 Å². The van der Waals surface area contributed by atoms with Crippen LogP contribution in [-0.4, -0.2) is 29.7 Å². The fraction of sp³-hybridized carbons (Fsp3) is 0.500. The van der Waals surface area contributed by atoms with Crippen LogP contribution in [0, 0.1) is 0 Å². The summed E-state index contributed by atoms with van der Waals surface area (Å²) in [4.78, 5) is 11.8. The van der Waals surface area contributed by atoms with E-state index in [0.717, 1.165) is 25.7 Å². The molecule has 0 aliphatic carbocycles. The predicted octanol–water partition coefficient (Wildman–Crippen LogP) is 3.58. The third kappa shape index (κ3) is 7.38. The molecule has 0 fully saturated rings. The largest absolute Gasteiger partial charge is 0.446 e. The average molecular weight is 321 g/mol. The molecule has 0 aliphatic heterocycles. The summed E-state index contributed by atoms with van der Waals surface area (Å²) >= 11 is -0.283. The first-order chi connectivity index (χ1) is 9.94. The fourth-order valence-corrected chi connectivity index (χ4v) is 2.42. The molecule has 0 saturated heterocycles. The summed E-state index contributed by atoms with van der Waals surface area (Å²) in [6.07, 6.45) is 3.19. The average Bonchev–Trinajstić information content (AvgIpc) is 2.41. The maximum absolute atomic E-state index is 12.4. The van der Waals surface area contributed by atoms with Gasteiger partial charge in [0.2, 0.25) is 0 Å². The molecular formula is C14H18F3NO2S. The third-order valence-corrected chi connectivity index (χ3v) is 3.54. The number of rotatable bonds is 8. The van der Waals surface area contributed by atoms with E-state index in [1.54, 1.807) is 0 Å². The van der Waals surface area contributed by atoms with Crippen LogP contribution in [0.3, 0.4) is 0 Å². The molecule has 0 heterocycles. The van der Waals surface area contributed by atoms with Crippen LogP contribution in [-0.2, 0) is 0 Å². The van der Waals surface area contributed by atoms with E-state index in [2.05, 4.69) is 5.32 Å². The monoisotopic (exact) mass is 321 g/mol. The third-order valence-electron chi connectivity index (χ3n) is 2.73. The lowest BCUT2D eigenvalue weighted by atomic mass is 10.2. The number of aliphatic hydroxyl groups is 1. The summed E-state index contributed by atoms with van der Waals surface area (Å²) in [5.74, 6) is -0.496. The van der Waals surface area contributed by atoms with Gasteiger partial charge in [-0.3, -0.25) is 4.79 Å². The Bertz CT molecular complexity index is 452. The number of hydrogen-bond acceptors (Lipinski definition) is 3. The molecule has 1 rings (SSSR count). The van der Waals surface area contributed by atoms with Crippen LogP contribution in [0.4, 0.5) is 13.2 Å². The van der Waals surface area contributed by atoms with Gasteiger partial charge in [0, 0.05) is 18.0 Å². The summed E-state index contributed by atoms with van der Waals surface area (Å²) in [6, 6.07) is 5.68. The predicted molar refractivity (Wildman–Crippen MR) is 76.2 cm³/mol. The molecule has 0 saturated carbocycles. The van der Waals surface area contributed by atoms with Gasteiger partial charge in [0.15, 0.2) is 0 Å². The van der Waals surface area contributed by atoms with Crippen molar-refractivity contribution >= 4 is 17.7 Å². The summed E-state index contributed by atoms with van der Waals surface area (Å²) in [5, 5.41) is 11.2. The number of aliphatic hydroxyl groups excluding tert-OH is 1. The molecule has 0 bridgehead atoms. The second-order valence-electron chi connectivity index (χ2n) is 4.44. The highest BCUT2D eigenvalue weighted by molar-refractivity contribution is 8.00. The van der Waals surface area contributed by atoms with Crippen LogP contribution >= 0.6 is 11.8 Å². The number of nitrogens with one attached hydrogen (secondary N) is 1. The molecule has 0 aromatic heterocycles. The molecule has 2 N–H and O–H groups in total. The fourth-order valence-electron chi connectivity index (χ4n) is 1.76. The second-order valence-corrected chi connectivity index (χ2v) is 5.54. The number of carbonyl (C=O) groups excluding carboxylic acids is 1. The summed E-state index contributed by atoms with van der Waals surface area (Å²) in [5.41, 5.74) is -4.38. The van der Waals surface area contributed by atoms with Crippen molar-refractivity contribution in [2.45, 2.75) is 36.1 Å². The lowest BCUT2D eigenvalue weighted by molar-refractivity contribution is -0.0328. The lowest BCUT2D eigenvalue weighted by Crippen LogP contribution is -2.25. The highest BCUT2D eigenvalue weighted by Gasteiger charge is 2.31. The van der Waals surface area contributed by atoms with Gasteiger partial charge in [-0.1, -0.05) is 25.0 Å². The number of benzene rings is 1. The van der Waals surface area contributed by atoms with Gasteiger partial charge in [-0.25, -0.2) is 0 Å². The first-order valence-corrected chi connectivity index (χ1v) is 7.49. The SMILES string of the molecule is O=C(NCCCCCCO)c1ccccc1SC(F)(F)F. The highest BCUT2D eigenvalue weighted by Crippen LogP contribution is 2.38.